The molecule has 0 saturated heterocycles. The van der Waals surface area contributed by atoms with Crippen molar-refractivity contribution in [1.29, 1.82) is 0 Å². The fourth-order valence-electron chi connectivity index (χ4n) is 11.3. The summed E-state index contributed by atoms with van der Waals surface area (Å²) in [6, 6.07) is 36.5. The molecule has 3 aromatic carbocycles. The van der Waals surface area contributed by atoms with Crippen molar-refractivity contribution in [3.05, 3.63) is 128 Å². The Morgan fingerprint density at radius 1 is 0.405 bits per heavy atom. The Morgan fingerprint density at radius 3 is 1.42 bits per heavy atom. The third-order valence-corrected chi connectivity index (χ3v) is 20.5. The molecule has 2 aliphatic heterocycles. The quantitative estimate of drug-likeness (QED) is 0.0439. The van der Waals surface area contributed by atoms with Gasteiger partial charge in [0.1, 0.15) is 0 Å². The topological polar surface area (TPSA) is 40.6 Å². The van der Waals surface area contributed by atoms with E-state index in [-0.39, 0.29) is 11.8 Å². The number of hydrogen-bond donors (Lipinski definition) is 0. The summed E-state index contributed by atoms with van der Waals surface area (Å²) in [5.74, 6) is 1.47. The van der Waals surface area contributed by atoms with Gasteiger partial charge in [0, 0.05) is 42.0 Å². The van der Waals surface area contributed by atoms with Gasteiger partial charge >= 0.3 is 0 Å². The molecule has 4 nitrogen and oxygen atoms in total. The molecule has 0 aliphatic carbocycles. The molecule has 7 aromatic rings. The smallest absolute Gasteiger partial charge is 0.261 e. The molecule has 0 bridgehead atoms. The van der Waals surface area contributed by atoms with Crippen LogP contribution < -0.4 is 0 Å². The van der Waals surface area contributed by atoms with Crippen molar-refractivity contribution in [1.82, 2.24) is 9.80 Å². The van der Waals surface area contributed by atoms with Crippen molar-refractivity contribution < 1.29 is 9.59 Å². The van der Waals surface area contributed by atoms with Gasteiger partial charge in [0.25, 0.3) is 11.8 Å². The van der Waals surface area contributed by atoms with Crippen LogP contribution in [-0.4, -0.2) is 34.7 Å². The minimum Gasteiger partial charge on any atom is -0.306 e. The van der Waals surface area contributed by atoms with Crippen LogP contribution in [0.3, 0.4) is 0 Å². The molecule has 2 unspecified atom stereocenters. The third-order valence-electron chi connectivity index (χ3n) is 15.8. The number of amides is 2. The molecule has 9 rings (SSSR count). The van der Waals surface area contributed by atoms with Crippen molar-refractivity contribution in [2.75, 3.05) is 13.1 Å². The highest BCUT2D eigenvalue weighted by atomic mass is 32.1. The molecule has 6 heterocycles. The van der Waals surface area contributed by atoms with Gasteiger partial charge in [0.05, 0.1) is 32.3 Å². The first-order valence-corrected chi connectivity index (χ1v) is 32.0. The summed E-state index contributed by atoms with van der Waals surface area (Å²) in [5.41, 5.74) is 7.83. The van der Waals surface area contributed by atoms with Crippen molar-refractivity contribution in [3.8, 4) is 31.3 Å². The van der Waals surface area contributed by atoms with E-state index in [1.165, 1.54) is 135 Å². The van der Waals surface area contributed by atoms with Gasteiger partial charge in [-0.15, -0.1) is 45.3 Å². The zero-order chi connectivity index (χ0) is 51.6. The maximum Gasteiger partial charge on any atom is 0.261 e. The van der Waals surface area contributed by atoms with Crippen molar-refractivity contribution in [2.24, 2.45) is 11.8 Å². The average Bonchev–Trinajstić information content (AvgIpc) is 4.30. The molecular weight excluding hydrogens is 981 g/mol. The number of carbonyl (C=O) groups excluding carboxylic acids is 2. The van der Waals surface area contributed by atoms with Crippen LogP contribution in [-0.2, 0) is 22.4 Å². The number of carbonyl (C=O) groups is 2. The van der Waals surface area contributed by atoms with E-state index in [4.69, 9.17) is 0 Å². The van der Waals surface area contributed by atoms with E-state index in [0.717, 1.165) is 88.4 Å². The van der Waals surface area contributed by atoms with E-state index in [9.17, 15) is 0 Å². The van der Waals surface area contributed by atoms with E-state index in [2.05, 4.69) is 139 Å². The van der Waals surface area contributed by atoms with Gasteiger partial charge < -0.3 is 9.80 Å². The first-order chi connectivity index (χ1) is 36.2. The molecule has 0 spiro atoms. The molecule has 0 saturated carbocycles. The number of fused-ring (bicyclic) bond motifs is 3. The summed E-state index contributed by atoms with van der Waals surface area (Å²) in [4.78, 5) is 41.5. The maximum absolute atomic E-state index is 15.3. The van der Waals surface area contributed by atoms with Gasteiger partial charge in [-0.25, -0.2) is 0 Å². The Hall–Kier alpha value is -4.60. The number of rotatable bonds is 29. The predicted octanol–water partition coefficient (Wildman–Crippen LogP) is 20.5. The molecule has 2 atom stereocenters. The normalized spacial score (nSPS) is 14.8. The number of hydrogen-bond acceptors (Lipinski definition) is 6. The number of thiophene rings is 4. The molecular formula is C66H80N2O2S4. The fraction of sp³-hybridized carbons (Fsp3) is 0.455. The van der Waals surface area contributed by atoms with E-state index < -0.39 is 0 Å². The fourth-order valence-corrected chi connectivity index (χ4v) is 15.8. The number of nitrogens with zero attached hydrogens (tertiary/aromatic N) is 2. The van der Waals surface area contributed by atoms with Crippen LogP contribution in [0.2, 0.25) is 0 Å². The Balaban J connectivity index is 1.02. The van der Waals surface area contributed by atoms with E-state index >= 15 is 9.59 Å². The lowest BCUT2D eigenvalue weighted by atomic mass is 9.91. The first kappa shape index (κ1) is 54.2. The largest absolute Gasteiger partial charge is 0.306 e. The molecule has 390 valence electrons. The second-order valence-corrected chi connectivity index (χ2v) is 25.7. The highest BCUT2D eigenvalue weighted by Crippen LogP contribution is 2.51. The van der Waals surface area contributed by atoms with E-state index in [1.807, 2.05) is 32.5 Å². The highest BCUT2D eigenvalue weighted by Gasteiger charge is 2.49. The monoisotopic (exact) mass is 1060 g/mol. The average molecular weight is 1060 g/mol. The van der Waals surface area contributed by atoms with Crippen molar-refractivity contribution in [2.45, 2.75) is 170 Å². The lowest BCUT2D eigenvalue weighted by Crippen LogP contribution is -2.30. The molecule has 0 radical (unpaired) electrons. The van der Waals surface area contributed by atoms with Gasteiger partial charge in [-0.05, 0) is 119 Å². The summed E-state index contributed by atoms with van der Waals surface area (Å²) in [5, 5.41) is 2.64. The molecule has 0 N–H and O–H groups in total. The SMILES string of the molecule is CCCCCCCN1C(=O)C2=C(c3ccc(-c4cc5cc6sc(CC(CC)CCCC)cc6cc5s4)s3)N(CCCCCCC)C(=O)C2=C1c1ccc(-c2ccc(-c3ccc(CC(CC)CCCC)cc3)cc2)s1. The van der Waals surface area contributed by atoms with Crippen LogP contribution in [0.1, 0.15) is 177 Å². The standard InChI is InChI=1S/C66H80N2O2S4/c1-7-13-17-19-21-37-67-63(56-35-33-54(72-56)50-31-29-49(30-32-50)48-27-25-47(26-28-48)39-45(11-5)23-15-9-3)61-62(66(67)70)64(68(65(61)69)38-22-20-18-14-8-2)57-36-34-55(73-57)60-44-52-43-58-51(42-59(52)74-60)41-53(71-58)40-46(12-6)24-16-10-4/h25-36,41-46H,7-24,37-40H2,1-6H3. The van der Waals surface area contributed by atoms with Gasteiger partial charge in [0.15, 0.2) is 0 Å². The van der Waals surface area contributed by atoms with Gasteiger partial charge in [-0.3, -0.25) is 9.59 Å². The third kappa shape index (κ3) is 12.3. The Morgan fingerprint density at radius 2 is 0.865 bits per heavy atom. The predicted molar refractivity (Wildman–Crippen MR) is 325 cm³/mol. The van der Waals surface area contributed by atoms with Crippen LogP contribution in [0.5, 0.6) is 0 Å². The molecule has 0 fully saturated rings. The minimum atomic E-state index is -0.0225. The summed E-state index contributed by atoms with van der Waals surface area (Å²) in [6.45, 7) is 14.9. The summed E-state index contributed by atoms with van der Waals surface area (Å²) in [7, 11) is 0. The van der Waals surface area contributed by atoms with Crippen molar-refractivity contribution in [3.63, 3.8) is 0 Å². The second kappa shape index (κ2) is 26.0. The Bertz CT molecular complexity index is 3000. The van der Waals surface area contributed by atoms with Gasteiger partial charge in [-0.1, -0.05) is 193 Å². The lowest BCUT2D eigenvalue weighted by molar-refractivity contribution is -0.124. The molecule has 2 aliphatic rings. The Kier molecular flexibility index (Phi) is 19.0. The molecule has 4 aromatic heterocycles. The zero-order valence-corrected chi connectivity index (χ0v) is 48.6. The maximum atomic E-state index is 15.3. The number of benzene rings is 3. The van der Waals surface area contributed by atoms with Gasteiger partial charge in [0.2, 0.25) is 0 Å². The van der Waals surface area contributed by atoms with Crippen LogP contribution in [0.4, 0.5) is 0 Å². The van der Waals surface area contributed by atoms with Crippen LogP contribution in [0, 0.1) is 11.8 Å². The second-order valence-electron chi connectivity index (χ2n) is 21.3. The van der Waals surface area contributed by atoms with Crippen LogP contribution >= 0.6 is 45.3 Å². The van der Waals surface area contributed by atoms with Crippen LogP contribution in [0.15, 0.2) is 108 Å². The zero-order valence-electron chi connectivity index (χ0n) is 45.3. The highest BCUT2D eigenvalue weighted by molar-refractivity contribution is 7.26. The van der Waals surface area contributed by atoms with E-state index in [1.54, 1.807) is 22.7 Å². The van der Waals surface area contributed by atoms with E-state index in [0.29, 0.717) is 24.2 Å². The Labute approximate surface area is 459 Å². The lowest BCUT2D eigenvalue weighted by Gasteiger charge is -2.24. The summed E-state index contributed by atoms with van der Waals surface area (Å²) in [6.07, 6.45) is 23.5. The number of unbranched alkanes of at least 4 members (excludes halogenated alkanes) is 10. The summed E-state index contributed by atoms with van der Waals surface area (Å²) >= 11 is 7.25. The molecule has 8 heteroatoms. The molecule has 74 heavy (non-hydrogen) atoms. The van der Waals surface area contributed by atoms with Crippen molar-refractivity contribution >= 4 is 88.7 Å². The van der Waals surface area contributed by atoms with Gasteiger partial charge in [-0.2, -0.15) is 0 Å². The summed E-state index contributed by atoms with van der Waals surface area (Å²) < 4.78 is 2.68. The molecule has 2 amide bonds. The van der Waals surface area contributed by atoms with Crippen LogP contribution in [0.25, 0.3) is 62.9 Å². The first-order valence-electron chi connectivity index (χ1n) is 28.7. The minimum absolute atomic E-state index is 0.0225.